The van der Waals surface area contributed by atoms with Crippen LogP contribution in [0.25, 0.3) is 0 Å². The fraction of sp³-hybridized carbons (Fsp3) is 0.500. The van der Waals surface area contributed by atoms with Crippen LogP contribution in [0, 0.1) is 17.0 Å². The summed E-state index contributed by atoms with van der Waals surface area (Å²) in [5.41, 5.74) is 1.57. The van der Waals surface area contributed by atoms with Crippen molar-refractivity contribution in [3.05, 3.63) is 33.9 Å². The predicted octanol–water partition coefficient (Wildman–Crippen LogP) is 2.01. The van der Waals surface area contributed by atoms with Crippen LogP contribution in [0.5, 0.6) is 0 Å². The van der Waals surface area contributed by atoms with Crippen LogP contribution in [0.15, 0.2) is 18.2 Å². The van der Waals surface area contributed by atoms with Crippen LogP contribution in [-0.2, 0) is 4.79 Å². The average molecular weight is 277 g/mol. The molecule has 0 aromatic heterocycles. The van der Waals surface area contributed by atoms with E-state index in [0.717, 1.165) is 30.6 Å². The van der Waals surface area contributed by atoms with Crippen molar-refractivity contribution < 1.29 is 9.72 Å². The summed E-state index contributed by atoms with van der Waals surface area (Å²) in [7, 11) is 0. The zero-order valence-electron chi connectivity index (χ0n) is 11.8. The lowest BCUT2D eigenvalue weighted by molar-refractivity contribution is -0.384. The lowest BCUT2D eigenvalue weighted by Crippen LogP contribution is -2.38. The number of nitrogens with one attached hydrogen (secondary N) is 1. The van der Waals surface area contributed by atoms with E-state index >= 15 is 0 Å². The van der Waals surface area contributed by atoms with E-state index in [-0.39, 0.29) is 17.6 Å². The minimum atomic E-state index is -0.422. The number of non-ortho nitro benzene ring substituents is 1. The molecule has 108 valence electrons. The maximum atomic E-state index is 12.3. The maximum Gasteiger partial charge on any atom is 0.269 e. The van der Waals surface area contributed by atoms with Gasteiger partial charge in [-0.25, -0.2) is 0 Å². The highest BCUT2D eigenvalue weighted by molar-refractivity contribution is 6.00. The van der Waals surface area contributed by atoms with E-state index in [2.05, 4.69) is 12.2 Å². The van der Waals surface area contributed by atoms with Crippen molar-refractivity contribution in [2.24, 2.45) is 0 Å². The molecule has 0 spiro atoms. The van der Waals surface area contributed by atoms with Gasteiger partial charge in [0.2, 0.25) is 5.91 Å². The molecule has 2 rings (SSSR count). The van der Waals surface area contributed by atoms with E-state index in [0.29, 0.717) is 6.54 Å². The first-order chi connectivity index (χ1) is 9.54. The van der Waals surface area contributed by atoms with Gasteiger partial charge < -0.3 is 10.2 Å². The standard InChI is InChI=1S/C14H19N3O3/c1-3-7-15-12-6-8-16(14(12)18)13-5-4-11(17(19)20)9-10(13)2/h4-5,9,12,15H,3,6-8H2,1-2H3. The fourth-order valence-corrected chi connectivity index (χ4v) is 2.48. The van der Waals surface area contributed by atoms with Gasteiger partial charge in [0.25, 0.3) is 5.69 Å². The molecule has 1 unspecified atom stereocenters. The molecule has 1 aromatic rings. The number of amides is 1. The Labute approximate surface area is 117 Å². The van der Waals surface area contributed by atoms with Gasteiger partial charge in [-0.05, 0) is 37.9 Å². The van der Waals surface area contributed by atoms with Crippen molar-refractivity contribution in [2.75, 3.05) is 18.0 Å². The Morgan fingerprint density at radius 1 is 1.50 bits per heavy atom. The lowest BCUT2D eigenvalue weighted by atomic mass is 10.1. The molecular formula is C14H19N3O3. The molecule has 0 saturated carbocycles. The van der Waals surface area contributed by atoms with Crippen molar-refractivity contribution in [1.82, 2.24) is 5.32 Å². The number of carbonyl (C=O) groups excluding carboxylic acids is 1. The summed E-state index contributed by atoms with van der Waals surface area (Å²) in [6.45, 7) is 5.33. The molecule has 1 N–H and O–H groups in total. The summed E-state index contributed by atoms with van der Waals surface area (Å²) in [4.78, 5) is 24.3. The number of anilines is 1. The third kappa shape index (κ3) is 2.80. The van der Waals surface area contributed by atoms with E-state index in [1.54, 1.807) is 17.9 Å². The summed E-state index contributed by atoms with van der Waals surface area (Å²) >= 11 is 0. The molecule has 1 fully saturated rings. The van der Waals surface area contributed by atoms with Crippen molar-refractivity contribution in [2.45, 2.75) is 32.7 Å². The van der Waals surface area contributed by atoms with Gasteiger partial charge in [0.15, 0.2) is 0 Å². The van der Waals surface area contributed by atoms with E-state index < -0.39 is 4.92 Å². The molecule has 6 nitrogen and oxygen atoms in total. The first kappa shape index (κ1) is 14.5. The highest BCUT2D eigenvalue weighted by atomic mass is 16.6. The van der Waals surface area contributed by atoms with Crippen molar-refractivity contribution >= 4 is 17.3 Å². The van der Waals surface area contributed by atoms with E-state index in [1.165, 1.54) is 12.1 Å². The van der Waals surface area contributed by atoms with E-state index in [4.69, 9.17) is 0 Å². The van der Waals surface area contributed by atoms with E-state index in [1.807, 2.05) is 0 Å². The Bertz CT molecular complexity index is 530. The summed E-state index contributed by atoms with van der Waals surface area (Å²) in [5.74, 6) is 0.0513. The minimum absolute atomic E-state index is 0.0513. The maximum absolute atomic E-state index is 12.3. The molecule has 1 heterocycles. The summed E-state index contributed by atoms with van der Waals surface area (Å²) in [6, 6.07) is 4.48. The van der Waals surface area contributed by atoms with Crippen LogP contribution < -0.4 is 10.2 Å². The Balaban J connectivity index is 2.17. The monoisotopic (exact) mass is 277 g/mol. The van der Waals surface area contributed by atoms with Gasteiger partial charge in [0.1, 0.15) is 0 Å². The number of hydrogen-bond acceptors (Lipinski definition) is 4. The van der Waals surface area contributed by atoms with Crippen molar-refractivity contribution in [3.63, 3.8) is 0 Å². The molecule has 1 saturated heterocycles. The van der Waals surface area contributed by atoms with Crippen LogP contribution in [0.1, 0.15) is 25.3 Å². The number of nitro benzene ring substituents is 1. The number of rotatable bonds is 5. The lowest BCUT2D eigenvalue weighted by Gasteiger charge is -2.19. The summed E-state index contributed by atoms with van der Waals surface area (Å²) in [5, 5.41) is 14.0. The fourth-order valence-electron chi connectivity index (χ4n) is 2.48. The van der Waals surface area contributed by atoms with Crippen LogP contribution in [0.4, 0.5) is 11.4 Å². The van der Waals surface area contributed by atoms with Gasteiger partial charge in [-0.3, -0.25) is 14.9 Å². The van der Waals surface area contributed by atoms with Crippen LogP contribution >= 0.6 is 0 Å². The summed E-state index contributed by atoms with van der Waals surface area (Å²) < 4.78 is 0. The Morgan fingerprint density at radius 3 is 2.85 bits per heavy atom. The topological polar surface area (TPSA) is 75.5 Å². The van der Waals surface area contributed by atoms with Gasteiger partial charge in [-0.1, -0.05) is 6.92 Å². The molecule has 0 bridgehead atoms. The smallest absolute Gasteiger partial charge is 0.269 e. The molecule has 1 aliphatic heterocycles. The quantitative estimate of drug-likeness (QED) is 0.660. The molecule has 1 aromatic carbocycles. The normalized spacial score (nSPS) is 18.6. The second kappa shape index (κ2) is 6.00. The highest BCUT2D eigenvalue weighted by Gasteiger charge is 2.32. The molecule has 0 aliphatic carbocycles. The molecule has 20 heavy (non-hydrogen) atoms. The van der Waals surface area contributed by atoms with Gasteiger partial charge in [0.05, 0.1) is 11.0 Å². The number of aryl methyl sites for hydroxylation is 1. The summed E-state index contributed by atoms with van der Waals surface area (Å²) in [6.07, 6.45) is 1.76. The Kier molecular flexibility index (Phi) is 4.34. The Morgan fingerprint density at radius 2 is 2.25 bits per heavy atom. The number of nitrogens with zero attached hydrogens (tertiary/aromatic N) is 2. The largest absolute Gasteiger partial charge is 0.311 e. The third-order valence-electron chi connectivity index (χ3n) is 3.53. The number of carbonyl (C=O) groups is 1. The Hall–Kier alpha value is -1.95. The highest BCUT2D eigenvalue weighted by Crippen LogP contribution is 2.28. The van der Waals surface area contributed by atoms with Crippen LogP contribution in [0.2, 0.25) is 0 Å². The second-order valence-corrected chi connectivity index (χ2v) is 5.01. The van der Waals surface area contributed by atoms with Crippen LogP contribution in [0.3, 0.4) is 0 Å². The molecule has 1 amide bonds. The van der Waals surface area contributed by atoms with Gasteiger partial charge in [-0.2, -0.15) is 0 Å². The minimum Gasteiger partial charge on any atom is -0.311 e. The third-order valence-corrected chi connectivity index (χ3v) is 3.53. The van der Waals surface area contributed by atoms with E-state index in [9.17, 15) is 14.9 Å². The number of nitro groups is 1. The van der Waals surface area contributed by atoms with Gasteiger partial charge in [-0.15, -0.1) is 0 Å². The molecule has 1 aliphatic rings. The predicted molar refractivity (Wildman–Crippen MR) is 76.9 cm³/mol. The molecular weight excluding hydrogens is 258 g/mol. The SMILES string of the molecule is CCCNC1CCN(c2ccc([N+](=O)[O-])cc2C)C1=O. The number of hydrogen-bond donors (Lipinski definition) is 1. The average Bonchev–Trinajstić information content (AvgIpc) is 2.77. The zero-order chi connectivity index (χ0) is 14.7. The van der Waals surface area contributed by atoms with Gasteiger partial charge >= 0.3 is 0 Å². The second-order valence-electron chi connectivity index (χ2n) is 5.01. The number of benzene rings is 1. The van der Waals surface area contributed by atoms with Gasteiger partial charge in [0, 0.05) is 24.4 Å². The molecule has 1 atom stereocenters. The first-order valence-electron chi connectivity index (χ1n) is 6.84. The first-order valence-corrected chi connectivity index (χ1v) is 6.84. The molecule has 0 radical (unpaired) electrons. The zero-order valence-corrected chi connectivity index (χ0v) is 11.8. The van der Waals surface area contributed by atoms with Crippen molar-refractivity contribution in [3.8, 4) is 0 Å². The van der Waals surface area contributed by atoms with Crippen molar-refractivity contribution in [1.29, 1.82) is 0 Å². The molecule has 6 heteroatoms. The van der Waals surface area contributed by atoms with Crippen LogP contribution in [-0.4, -0.2) is 30.0 Å².